The van der Waals surface area contributed by atoms with Crippen LogP contribution in [0.4, 0.5) is 0 Å². The zero-order chi connectivity index (χ0) is 17.4. The highest BCUT2D eigenvalue weighted by atomic mass is 16.2. The molecule has 0 spiro atoms. The monoisotopic (exact) mass is 336 g/mol. The topological polar surface area (TPSA) is 52.3 Å². The maximum atomic E-state index is 13.4. The van der Waals surface area contributed by atoms with Crippen molar-refractivity contribution in [3.05, 3.63) is 36.0 Å². The summed E-state index contributed by atoms with van der Waals surface area (Å²) in [5.74, 6) is 0.0780. The average molecular weight is 336 g/mol. The van der Waals surface area contributed by atoms with Crippen LogP contribution < -0.4 is 0 Å². The standard InChI is InChI=1S/C20H24N4O/c1-22-11-4-8-17(22)18-9-5-12-24(18)20(25)19-14-15-6-2-3-7-16(15)23(19)13-10-21/h2-3,6-7,14,17-18H,4-5,8-9,11-13H2,1H3. The second kappa shape index (κ2) is 6.53. The molecule has 130 valence electrons. The fourth-order valence-electron chi connectivity index (χ4n) is 4.64. The van der Waals surface area contributed by atoms with Crippen LogP contribution in [0.1, 0.15) is 36.2 Å². The van der Waals surface area contributed by atoms with E-state index in [1.54, 1.807) is 0 Å². The van der Waals surface area contributed by atoms with Gasteiger partial charge in [0.2, 0.25) is 0 Å². The van der Waals surface area contributed by atoms with Crippen molar-refractivity contribution >= 4 is 16.8 Å². The molecule has 2 saturated heterocycles. The Kier molecular flexibility index (Phi) is 4.22. The predicted molar refractivity (Wildman–Crippen MR) is 97.3 cm³/mol. The molecular weight excluding hydrogens is 312 g/mol. The molecule has 0 N–H and O–H groups in total. The summed E-state index contributed by atoms with van der Waals surface area (Å²) in [5, 5.41) is 10.2. The van der Waals surface area contributed by atoms with E-state index in [4.69, 9.17) is 0 Å². The quantitative estimate of drug-likeness (QED) is 0.866. The number of rotatable bonds is 3. The summed E-state index contributed by atoms with van der Waals surface area (Å²) in [4.78, 5) is 17.8. The molecule has 2 aliphatic rings. The van der Waals surface area contributed by atoms with Crippen molar-refractivity contribution < 1.29 is 4.79 Å². The van der Waals surface area contributed by atoms with Crippen LogP contribution >= 0.6 is 0 Å². The first-order valence-electron chi connectivity index (χ1n) is 9.17. The molecular formula is C20H24N4O. The van der Waals surface area contributed by atoms with E-state index in [1.165, 1.54) is 12.8 Å². The van der Waals surface area contributed by atoms with E-state index in [9.17, 15) is 10.1 Å². The summed E-state index contributed by atoms with van der Waals surface area (Å²) in [6.45, 7) is 2.15. The van der Waals surface area contributed by atoms with Crippen molar-refractivity contribution in [2.75, 3.05) is 20.1 Å². The summed E-state index contributed by atoms with van der Waals surface area (Å²) in [6.07, 6.45) is 4.54. The summed E-state index contributed by atoms with van der Waals surface area (Å²) >= 11 is 0. The van der Waals surface area contributed by atoms with Gasteiger partial charge in [-0.3, -0.25) is 4.79 Å². The number of carbonyl (C=O) groups is 1. The van der Waals surface area contributed by atoms with E-state index in [2.05, 4.69) is 22.9 Å². The number of nitriles is 1. The molecule has 4 rings (SSSR count). The zero-order valence-corrected chi connectivity index (χ0v) is 14.7. The van der Waals surface area contributed by atoms with Gasteiger partial charge in [-0.15, -0.1) is 0 Å². The average Bonchev–Trinajstić information content (AvgIpc) is 3.33. The minimum atomic E-state index is 0.0780. The maximum Gasteiger partial charge on any atom is 0.270 e. The van der Waals surface area contributed by atoms with Gasteiger partial charge in [-0.05, 0) is 51.4 Å². The number of nitrogens with zero attached hydrogens (tertiary/aromatic N) is 4. The third-order valence-electron chi connectivity index (χ3n) is 5.84. The van der Waals surface area contributed by atoms with Crippen molar-refractivity contribution in [2.24, 2.45) is 0 Å². The number of fused-ring (bicyclic) bond motifs is 1. The molecule has 0 radical (unpaired) electrons. The highest BCUT2D eigenvalue weighted by Gasteiger charge is 2.39. The first-order chi connectivity index (χ1) is 12.2. The molecule has 25 heavy (non-hydrogen) atoms. The normalized spacial score (nSPS) is 24.1. The van der Waals surface area contributed by atoms with E-state index >= 15 is 0 Å². The molecule has 1 amide bonds. The van der Waals surface area contributed by atoms with Crippen molar-refractivity contribution in [3.8, 4) is 6.07 Å². The smallest absolute Gasteiger partial charge is 0.270 e. The number of hydrogen-bond donors (Lipinski definition) is 0. The largest absolute Gasteiger partial charge is 0.333 e. The number of para-hydroxylation sites is 1. The fraction of sp³-hybridized carbons (Fsp3) is 0.500. The number of aromatic nitrogens is 1. The van der Waals surface area contributed by atoms with Gasteiger partial charge in [-0.1, -0.05) is 18.2 Å². The first-order valence-corrected chi connectivity index (χ1v) is 9.17. The number of amides is 1. The van der Waals surface area contributed by atoms with Crippen molar-refractivity contribution in [1.82, 2.24) is 14.4 Å². The van der Waals surface area contributed by atoms with Gasteiger partial charge in [0.05, 0.1) is 6.07 Å². The lowest BCUT2D eigenvalue weighted by Crippen LogP contribution is -2.47. The number of carbonyl (C=O) groups excluding carboxylic acids is 1. The van der Waals surface area contributed by atoms with Crippen LogP contribution in [-0.2, 0) is 6.54 Å². The van der Waals surface area contributed by atoms with E-state index in [0.717, 1.165) is 36.8 Å². The van der Waals surface area contributed by atoms with E-state index in [0.29, 0.717) is 17.8 Å². The Morgan fingerprint density at radius 3 is 2.72 bits per heavy atom. The lowest BCUT2D eigenvalue weighted by molar-refractivity contribution is 0.0655. The minimum Gasteiger partial charge on any atom is -0.333 e. The summed E-state index contributed by atoms with van der Waals surface area (Å²) in [5.41, 5.74) is 1.61. The Hall–Kier alpha value is -2.32. The zero-order valence-electron chi connectivity index (χ0n) is 14.7. The molecule has 5 nitrogen and oxygen atoms in total. The van der Waals surface area contributed by atoms with Crippen molar-refractivity contribution in [3.63, 3.8) is 0 Å². The van der Waals surface area contributed by atoms with Crippen LogP contribution in [0.5, 0.6) is 0 Å². The molecule has 0 bridgehead atoms. The molecule has 1 aromatic heterocycles. The summed E-state index contributed by atoms with van der Waals surface area (Å²) < 4.78 is 1.87. The van der Waals surface area contributed by atoms with E-state index < -0.39 is 0 Å². The van der Waals surface area contributed by atoms with Gasteiger partial charge in [0.25, 0.3) is 5.91 Å². The second-order valence-electron chi connectivity index (χ2n) is 7.23. The Morgan fingerprint density at radius 2 is 1.96 bits per heavy atom. The van der Waals surface area contributed by atoms with Crippen LogP contribution in [-0.4, -0.2) is 52.5 Å². The van der Waals surface area contributed by atoms with Crippen molar-refractivity contribution in [1.29, 1.82) is 5.26 Å². The minimum absolute atomic E-state index is 0.0780. The molecule has 5 heteroatoms. The molecule has 0 aliphatic carbocycles. The third kappa shape index (κ3) is 2.71. The van der Waals surface area contributed by atoms with Crippen LogP contribution in [0.3, 0.4) is 0 Å². The van der Waals surface area contributed by atoms with Crippen molar-refractivity contribution in [2.45, 2.75) is 44.3 Å². The number of benzene rings is 1. The molecule has 0 saturated carbocycles. The van der Waals surface area contributed by atoms with E-state index in [-0.39, 0.29) is 12.5 Å². The molecule has 2 fully saturated rings. The van der Waals surface area contributed by atoms with Gasteiger partial charge in [0.15, 0.2) is 0 Å². The Bertz CT molecular complexity index is 834. The molecule has 1 aromatic carbocycles. The van der Waals surface area contributed by atoms with Crippen LogP contribution in [0.25, 0.3) is 10.9 Å². The highest BCUT2D eigenvalue weighted by molar-refractivity contribution is 5.99. The first kappa shape index (κ1) is 16.2. The maximum absolute atomic E-state index is 13.4. The molecule has 2 aromatic rings. The molecule has 2 aliphatic heterocycles. The summed E-state index contributed by atoms with van der Waals surface area (Å²) in [6, 6.07) is 12.8. The molecule has 3 heterocycles. The van der Waals surface area contributed by atoms with Crippen LogP contribution in [0, 0.1) is 11.3 Å². The lowest BCUT2D eigenvalue weighted by atomic mass is 10.0. The highest BCUT2D eigenvalue weighted by Crippen LogP contribution is 2.31. The predicted octanol–water partition coefficient (Wildman–Crippen LogP) is 2.86. The fourth-order valence-corrected chi connectivity index (χ4v) is 4.64. The lowest BCUT2D eigenvalue weighted by Gasteiger charge is -2.33. The third-order valence-corrected chi connectivity index (χ3v) is 5.84. The number of likely N-dealkylation sites (tertiary alicyclic amines) is 2. The van der Waals surface area contributed by atoms with Gasteiger partial charge in [0.1, 0.15) is 12.2 Å². The Balaban J connectivity index is 1.69. The number of hydrogen-bond acceptors (Lipinski definition) is 3. The van der Waals surface area contributed by atoms with E-state index in [1.807, 2.05) is 34.9 Å². The SMILES string of the molecule is CN1CCCC1C1CCCN1C(=O)c1cc2ccccc2n1CC#N. The molecule has 2 unspecified atom stereocenters. The van der Waals surface area contributed by atoms with Crippen LogP contribution in [0.15, 0.2) is 30.3 Å². The van der Waals surface area contributed by atoms with Gasteiger partial charge in [-0.25, -0.2) is 0 Å². The second-order valence-corrected chi connectivity index (χ2v) is 7.23. The summed E-state index contributed by atoms with van der Waals surface area (Å²) in [7, 11) is 2.17. The van der Waals surface area contributed by atoms with Gasteiger partial charge in [-0.2, -0.15) is 5.26 Å². The van der Waals surface area contributed by atoms with Gasteiger partial charge < -0.3 is 14.4 Å². The number of likely N-dealkylation sites (N-methyl/N-ethyl adjacent to an activating group) is 1. The Morgan fingerprint density at radius 1 is 1.20 bits per heavy atom. The van der Waals surface area contributed by atoms with Crippen LogP contribution in [0.2, 0.25) is 0 Å². The van der Waals surface area contributed by atoms with Gasteiger partial charge >= 0.3 is 0 Å². The van der Waals surface area contributed by atoms with Gasteiger partial charge in [0, 0.05) is 29.5 Å². The Labute approximate surface area is 148 Å². The molecule has 2 atom stereocenters.